The molecule has 0 saturated carbocycles. The summed E-state index contributed by atoms with van der Waals surface area (Å²) in [6, 6.07) is 18.4. The number of fused-ring (bicyclic) bond motifs is 1. The predicted octanol–water partition coefficient (Wildman–Crippen LogP) is 4.66. The molecule has 0 bridgehead atoms. The van der Waals surface area contributed by atoms with Gasteiger partial charge in [0.25, 0.3) is 5.91 Å². The molecule has 2 N–H and O–H groups in total. The van der Waals surface area contributed by atoms with Gasteiger partial charge < -0.3 is 14.5 Å². The summed E-state index contributed by atoms with van der Waals surface area (Å²) in [7, 11) is 3.03. The molecule has 0 spiro atoms. The van der Waals surface area contributed by atoms with Crippen LogP contribution in [0.3, 0.4) is 0 Å². The van der Waals surface area contributed by atoms with Crippen LogP contribution in [0.2, 0.25) is 5.02 Å². The molecular weight excluding hydrogens is 416 g/mol. The molecule has 1 aromatic heterocycles. The number of aromatic amines is 1. The number of amides is 1. The average molecular weight is 435 g/mol. The third-order valence-electron chi connectivity index (χ3n) is 4.63. The standard InChI is InChI=1S/C23H19ClN4O3/c1-30-20-11-14(10-17(24)21(20)31-2)13-25-28-23(29)16-8-9-18-19(12-16)27-22(26-18)15-6-4-3-5-7-15/h3-13H,1-2H3,(H,26,27)(H,28,29)/b25-13+. The fourth-order valence-electron chi connectivity index (χ4n) is 3.13. The van der Waals surface area contributed by atoms with Crippen LogP contribution in [0.15, 0.2) is 65.8 Å². The Labute approximate surface area is 183 Å². The van der Waals surface area contributed by atoms with E-state index in [4.69, 9.17) is 21.1 Å². The molecule has 1 heterocycles. The van der Waals surface area contributed by atoms with Gasteiger partial charge in [0.05, 0.1) is 36.5 Å². The molecule has 0 aliphatic heterocycles. The largest absolute Gasteiger partial charge is 0.493 e. The number of hydrogen-bond donors (Lipinski definition) is 2. The van der Waals surface area contributed by atoms with Crippen molar-refractivity contribution in [2.75, 3.05) is 14.2 Å². The summed E-state index contributed by atoms with van der Waals surface area (Å²) in [4.78, 5) is 20.3. The van der Waals surface area contributed by atoms with Crippen LogP contribution in [0.5, 0.6) is 11.5 Å². The minimum Gasteiger partial charge on any atom is -0.493 e. The minimum atomic E-state index is -0.347. The molecule has 0 fully saturated rings. The molecule has 4 aromatic rings. The molecule has 31 heavy (non-hydrogen) atoms. The number of imidazole rings is 1. The highest BCUT2D eigenvalue weighted by Gasteiger charge is 2.11. The smallest absolute Gasteiger partial charge is 0.271 e. The number of hydrazone groups is 1. The van der Waals surface area contributed by atoms with Crippen LogP contribution >= 0.6 is 11.6 Å². The van der Waals surface area contributed by atoms with Gasteiger partial charge in [-0.3, -0.25) is 4.79 Å². The highest BCUT2D eigenvalue weighted by atomic mass is 35.5. The Morgan fingerprint density at radius 2 is 1.90 bits per heavy atom. The Balaban J connectivity index is 1.50. The van der Waals surface area contributed by atoms with Crippen LogP contribution in [0, 0.1) is 0 Å². The summed E-state index contributed by atoms with van der Waals surface area (Å²) in [5.41, 5.74) is 6.14. The lowest BCUT2D eigenvalue weighted by molar-refractivity contribution is 0.0955. The number of hydrogen-bond acceptors (Lipinski definition) is 5. The van der Waals surface area contributed by atoms with Crippen molar-refractivity contribution in [3.63, 3.8) is 0 Å². The average Bonchev–Trinajstić information content (AvgIpc) is 3.22. The Morgan fingerprint density at radius 3 is 2.65 bits per heavy atom. The lowest BCUT2D eigenvalue weighted by atomic mass is 10.2. The molecule has 7 nitrogen and oxygen atoms in total. The van der Waals surface area contributed by atoms with Crippen LogP contribution in [-0.4, -0.2) is 36.3 Å². The number of carbonyl (C=O) groups excluding carboxylic acids is 1. The zero-order chi connectivity index (χ0) is 21.8. The van der Waals surface area contributed by atoms with E-state index < -0.39 is 0 Å². The molecule has 8 heteroatoms. The van der Waals surface area contributed by atoms with Gasteiger partial charge >= 0.3 is 0 Å². The Hall–Kier alpha value is -3.84. The molecular formula is C23H19ClN4O3. The first kappa shape index (κ1) is 20.4. The first-order chi connectivity index (χ1) is 15.1. The number of rotatable bonds is 6. The van der Waals surface area contributed by atoms with E-state index >= 15 is 0 Å². The molecule has 3 aromatic carbocycles. The number of nitrogens with one attached hydrogen (secondary N) is 2. The van der Waals surface area contributed by atoms with Crippen molar-refractivity contribution >= 4 is 34.8 Å². The number of nitrogens with zero attached hydrogens (tertiary/aromatic N) is 2. The Bertz CT molecular complexity index is 1270. The normalized spacial score (nSPS) is 11.1. The van der Waals surface area contributed by atoms with Crippen LogP contribution in [-0.2, 0) is 0 Å². The summed E-state index contributed by atoms with van der Waals surface area (Å²) in [5, 5.41) is 4.40. The molecule has 156 valence electrons. The van der Waals surface area contributed by atoms with Gasteiger partial charge in [-0.1, -0.05) is 41.9 Å². The second-order valence-corrected chi connectivity index (χ2v) is 7.03. The summed E-state index contributed by atoms with van der Waals surface area (Å²) >= 11 is 6.19. The minimum absolute atomic E-state index is 0.347. The van der Waals surface area contributed by atoms with Crippen molar-refractivity contribution in [1.82, 2.24) is 15.4 Å². The van der Waals surface area contributed by atoms with E-state index in [1.807, 2.05) is 30.3 Å². The van der Waals surface area contributed by atoms with E-state index in [9.17, 15) is 4.79 Å². The molecule has 0 unspecified atom stereocenters. The number of carbonyl (C=O) groups is 1. The monoisotopic (exact) mass is 434 g/mol. The fraction of sp³-hybridized carbons (Fsp3) is 0.0870. The van der Waals surface area contributed by atoms with Gasteiger partial charge in [0.15, 0.2) is 11.5 Å². The first-order valence-electron chi connectivity index (χ1n) is 9.39. The quantitative estimate of drug-likeness (QED) is 0.341. The summed E-state index contributed by atoms with van der Waals surface area (Å²) in [6.07, 6.45) is 1.48. The van der Waals surface area contributed by atoms with Gasteiger partial charge in [0, 0.05) is 11.1 Å². The number of halogens is 1. The van der Waals surface area contributed by atoms with Gasteiger partial charge in [-0.25, -0.2) is 10.4 Å². The van der Waals surface area contributed by atoms with Crippen molar-refractivity contribution < 1.29 is 14.3 Å². The SMILES string of the molecule is COc1cc(/C=N/NC(=O)c2ccc3nc(-c4ccccc4)[nH]c3c2)cc(Cl)c1OC. The van der Waals surface area contributed by atoms with Crippen LogP contribution in [0.25, 0.3) is 22.4 Å². The Kier molecular flexibility index (Phi) is 5.86. The number of ether oxygens (including phenoxy) is 2. The topological polar surface area (TPSA) is 88.6 Å². The molecule has 1 amide bonds. The van der Waals surface area contributed by atoms with E-state index in [0.29, 0.717) is 27.6 Å². The summed E-state index contributed by atoms with van der Waals surface area (Å²) in [6.45, 7) is 0. The van der Waals surface area contributed by atoms with E-state index in [2.05, 4.69) is 20.5 Å². The molecule has 0 radical (unpaired) electrons. The van der Waals surface area contributed by atoms with Gasteiger partial charge in [0.2, 0.25) is 0 Å². The molecule has 0 aliphatic carbocycles. The maximum absolute atomic E-state index is 12.5. The van der Waals surface area contributed by atoms with Crippen LogP contribution in [0.1, 0.15) is 15.9 Å². The first-order valence-corrected chi connectivity index (χ1v) is 9.77. The molecule has 0 aliphatic rings. The number of aromatic nitrogens is 2. The number of benzene rings is 3. The summed E-state index contributed by atoms with van der Waals surface area (Å²) in [5.74, 6) is 1.31. The van der Waals surface area contributed by atoms with Crippen molar-refractivity contribution in [1.29, 1.82) is 0 Å². The van der Waals surface area contributed by atoms with Crippen LogP contribution < -0.4 is 14.9 Å². The zero-order valence-electron chi connectivity index (χ0n) is 16.8. The molecule has 0 saturated heterocycles. The van der Waals surface area contributed by atoms with Crippen molar-refractivity contribution in [2.24, 2.45) is 5.10 Å². The van der Waals surface area contributed by atoms with Crippen LogP contribution in [0.4, 0.5) is 0 Å². The zero-order valence-corrected chi connectivity index (χ0v) is 17.6. The van der Waals surface area contributed by atoms with E-state index in [1.165, 1.54) is 20.4 Å². The van der Waals surface area contributed by atoms with E-state index in [1.54, 1.807) is 30.3 Å². The maximum Gasteiger partial charge on any atom is 0.271 e. The molecule has 4 rings (SSSR count). The second kappa shape index (κ2) is 8.89. The van der Waals surface area contributed by atoms with E-state index in [0.717, 1.165) is 22.4 Å². The Morgan fingerprint density at radius 1 is 1.10 bits per heavy atom. The van der Waals surface area contributed by atoms with Crippen molar-refractivity contribution in [3.05, 3.63) is 76.8 Å². The lowest BCUT2D eigenvalue weighted by Crippen LogP contribution is -2.17. The highest BCUT2D eigenvalue weighted by molar-refractivity contribution is 6.32. The maximum atomic E-state index is 12.5. The predicted molar refractivity (Wildman–Crippen MR) is 121 cm³/mol. The van der Waals surface area contributed by atoms with Gasteiger partial charge in [-0.05, 0) is 35.9 Å². The van der Waals surface area contributed by atoms with Crippen molar-refractivity contribution in [2.45, 2.75) is 0 Å². The van der Waals surface area contributed by atoms with Crippen molar-refractivity contribution in [3.8, 4) is 22.9 Å². The highest BCUT2D eigenvalue weighted by Crippen LogP contribution is 2.35. The lowest BCUT2D eigenvalue weighted by Gasteiger charge is -2.09. The number of methoxy groups -OCH3 is 2. The molecule has 0 atom stereocenters. The van der Waals surface area contributed by atoms with Gasteiger partial charge in [0.1, 0.15) is 5.82 Å². The third kappa shape index (κ3) is 4.36. The fourth-order valence-corrected chi connectivity index (χ4v) is 3.42. The number of H-pyrrole nitrogens is 1. The van der Waals surface area contributed by atoms with Gasteiger partial charge in [-0.2, -0.15) is 5.10 Å². The third-order valence-corrected chi connectivity index (χ3v) is 4.91. The summed E-state index contributed by atoms with van der Waals surface area (Å²) < 4.78 is 10.5. The van der Waals surface area contributed by atoms with Gasteiger partial charge in [-0.15, -0.1) is 0 Å². The van der Waals surface area contributed by atoms with E-state index in [-0.39, 0.29) is 5.91 Å². The second-order valence-electron chi connectivity index (χ2n) is 6.62.